The number of hydrogen-bond donors (Lipinski definition) is 1. The summed E-state index contributed by atoms with van der Waals surface area (Å²) < 4.78 is 62.3. The summed E-state index contributed by atoms with van der Waals surface area (Å²) in [7, 11) is 1.55. The minimum atomic E-state index is -1.01. The quantitative estimate of drug-likeness (QED) is 0.484. The molecule has 11 heteroatoms. The Balaban J connectivity index is 1.98. The lowest BCUT2D eigenvalue weighted by atomic mass is 10.2. The number of aryl methyl sites for hydroxylation is 1. The zero-order chi connectivity index (χ0) is 23.6. The van der Waals surface area contributed by atoms with Crippen LogP contribution < -0.4 is 15.2 Å². The molecule has 1 heterocycles. The van der Waals surface area contributed by atoms with Crippen LogP contribution >= 0.6 is 15.9 Å². The maximum Gasteiger partial charge on any atom is 0.276 e. The Morgan fingerprint density at radius 1 is 1.12 bits per heavy atom. The van der Waals surface area contributed by atoms with E-state index in [9.17, 15) is 22.4 Å². The Kier molecular flexibility index (Phi) is 7.19. The van der Waals surface area contributed by atoms with E-state index >= 15 is 0 Å². The monoisotopic (exact) mass is 515 g/mol. The molecule has 0 saturated carbocycles. The Hall–Kier alpha value is -2.92. The van der Waals surface area contributed by atoms with Crippen molar-refractivity contribution in [3.63, 3.8) is 0 Å². The van der Waals surface area contributed by atoms with Crippen LogP contribution in [0.25, 0.3) is 5.69 Å². The van der Waals surface area contributed by atoms with Crippen molar-refractivity contribution in [3.8, 4) is 11.6 Å². The van der Waals surface area contributed by atoms with Crippen LogP contribution in [0.3, 0.4) is 0 Å². The molecule has 32 heavy (non-hydrogen) atoms. The van der Waals surface area contributed by atoms with Gasteiger partial charge in [0.25, 0.3) is 5.56 Å². The van der Waals surface area contributed by atoms with Gasteiger partial charge in [0, 0.05) is 30.9 Å². The summed E-state index contributed by atoms with van der Waals surface area (Å²) in [5.74, 6) is -3.89. The molecule has 3 rings (SSSR count). The highest BCUT2D eigenvalue weighted by Crippen LogP contribution is 2.27. The average Bonchev–Trinajstić information content (AvgIpc) is 2.72. The fourth-order valence-corrected chi connectivity index (χ4v) is 3.37. The Bertz CT molecular complexity index is 1200. The third kappa shape index (κ3) is 4.78. The van der Waals surface area contributed by atoms with Gasteiger partial charge >= 0.3 is 0 Å². The minimum absolute atomic E-state index is 0.0293. The molecule has 170 valence electrons. The van der Waals surface area contributed by atoms with E-state index in [1.165, 1.54) is 17.9 Å². The van der Waals surface area contributed by atoms with Gasteiger partial charge in [-0.3, -0.25) is 9.36 Å². The van der Waals surface area contributed by atoms with Crippen LogP contribution in [0.1, 0.15) is 11.4 Å². The van der Waals surface area contributed by atoms with Gasteiger partial charge in [-0.2, -0.15) is 4.98 Å². The fourth-order valence-electron chi connectivity index (χ4n) is 2.99. The van der Waals surface area contributed by atoms with Crippen molar-refractivity contribution in [2.45, 2.75) is 13.5 Å². The summed E-state index contributed by atoms with van der Waals surface area (Å²) in [6.45, 7) is 0.949. The summed E-state index contributed by atoms with van der Waals surface area (Å²) in [5, 5.41) is 9.00. The van der Waals surface area contributed by atoms with Crippen molar-refractivity contribution in [1.29, 1.82) is 0 Å². The Morgan fingerprint density at radius 2 is 1.78 bits per heavy atom. The number of rotatable bonds is 7. The normalized spacial score (nSPS) is 11.0. The maximum atomic E-state index is 14.8. The first-order chi connectivity index (χ1) is 15.1. The van der Waals surface area contributed by atoms with Crippen molar-refractivity contribution >= 4 is 21.6 Å². The fraction of sp³-hybridized carbons (Fsp3) is 0.238. The van der Waals surface area contributed by atoms with Crippen LogP contribution in [0.5, 0.6) is 5.88 Å². The van der Waals surface area contributed by atoms with Gasteiger partial charge in [-0.1, -0.05) is 0 Å². The molecule has 0 unspecified atom stereocenters. The van der Waals surface area contributed by atoms with Crippen LogP contribution in [0, 0.1) is 30.2 Å². The third-order valence-electron chi connectivity index (χ3n) is 4.65. The molecular formula is C21H18BrF4N3O3. The predicted octanol–water partition coefficient (Wildman–Crippen LogP) is 3.87. The largest absolute Gasteiger partial charge is 0.472 e. The predicted molar refractivity (Wildman–Crippen MR) is 113 cm³/mol. The van der Waals surface area contributed by atoms with Crippen LogP contribution in [0.4, 0.5) is 23.2 Å². The molecule has 0 saturated heterocycles. The van der Waals surface area contributed by atoms with Crippen LogP contribution in [-0.2, 0) is 6.61 Å². The van der Waals surface area contributed by atoms with E-state index in [0.717, 1.165) is 22.8 Å². The number of nitrogens with zero attached hydrogens (tertiary/aromatic N) is 3. The van der Waals surface area contributed by atoms with E-state index < -0.39 is 34.5 Å². The zero-order valence-corrected chi connectivity index (χ0v) is 18.6. The average molecular weight is 516 g/mol. The van der Waals surface area contributed by atoms with Crippen LogP contribution in [-0.4, -0.2) is 34.9 Å². The SMILES string of the molecule is Cc1nc(OCc2ccc(F)cc2F)c(Br)c(=O)n1-c1c(F)cc(N(C)CCO)cc1F. The second-order valence-electron chi connectivity index (χ2n) is 6.85. The third-order valence-corrected chi connectivity index (χ3v) is 5.32. The van der Waals surface area contributed by atoms with E-state index in [-0.39, 0.29) is 47.2 Å². The van der Waals surface area contributed by atoms with E-state index in [0.29, 0.717) is 6.07 Å². The van der Waals surface area contributed by atoms with Gasteiger partial charge in [-0.05, 0) is 47.1 Å². The summed E-state index contributed by atoms with van der Waals surface area (Å²) >= 11 is 3.02. The number of aliphatic hydroxyl groups is 1. The molecule has 0 aliphatic carbocycles. The maximum absolute atomic E-state index is 14.8. The molecule has 0 aliphatic heterocycles. The second kappa shape index (κ2) is 9.70. The highest BCUT2D eigenvalue weighted by Gasteiger charge is 2.22. The standard InChI is InChI=1S/C21H18BrF4N3O3/c1-11-27-20(32-10-12-3-4-13(23)7-15(12)24)18(22)21(31)29(11)19-16(25)8-14(9-17(19)26)28(2)5-6-30/h3-4,7-9,30H,5-6,10H2,1-2H3. The first-order valence-corrected chi connectivity index (χ1v) is 10.1. The van der Waals surface area contributed by atoms with E-state index in [1.807, 2.05) is 0 Å². The number of aliphatic hydroxyl groups excluding tert-OH is 1. The highest BCUT2D eigenvalue weighted by atomic mass is 79.9. The van der Waals surface area contributed by atoms with Gasteiger partial charge in [-0.15, -0.1) is 0 Å². The molecule has 1 aromatic heterocycles. The molecule has 0 radical (unpaired) electrons. The van der Waals surface area contributed by atoms with Gasteiger partial charge in [-0.25, -0.2) is 17.6 Å². The Labute approximate surface area is 188 Å². The molecule has 0 atom stereocenters. The first-order valence-electron chi connectivity index (χ1n) is 9.31. The molecular weight excluding hydrogens is 498 g/mol. The van der Waals surface area contributed by atoms with Crippen molar-refractivity contribution in [3.05, 3.63) is 79.8 Å². The summed E-state index contributed by atoms with van der Waals surface area (Å²) in [5.41, 5.74) is -1.27. The van der Waals surface area contributed by atoms with Gasteiger partial charge < -0.3 is 14.7 Å². The number of likely N-dealkylation sites (N-methyl/N-ethyl adjacent to an activating group) is 1. The summed E-state index contributed by atoms with van der Waals surface area (Å²) in [4.78, 5) is 18.4. The van der Waals surface area contributed by atoms with Gasteiger partial charge in [0.2, 0.25) is 5.88 Å². The molecule has 0 amide bonds. The number of hydrogen-bond acceptors (Lipinski definition) is 5. The number of anilines is 1. The van der Waals surface area contributed by atoms with E-state index in [2.05, 4.69) is 20.9 Å². The lowest BCUT2D eigenvalue weighted by Crippen LogP contribution is -2.26. The molecule has 6 nitrogen and oxygen atoms in total. The number of ether oxygens (including phenoxy) is 1. The van der Waals surface area contributed by atoms with Gasteiger partial charge in [0.15, 0.2) is 11.6 Å². The van der Waals surface area contributed by atoms with Crippen molar-refractivity contribution in [1.82, 2.24) is 9.55 Å². The van der Waals surface area contributed by atoms with Crippen molar-refractivity contribution in [2.24, 2.45) is 0 Å². The number of halogens is 5. The second-order valence-corrected chi connectivity index (χ2v) is 7.64. The molecule has 3 aromatic rings. The van der Waals surface area contributed by atoms with Gasteiger partial charge in [0.1, 0.15) is 34.2 Å². The lowest BCUT2D eigenvalue weighted by Gasteiger charge is -2.20. The first kappa shape index (κ1) is 23.7. The molecule has 0 aliphatic rings. The van der Waals surface area contributed by atoms with Crippen LogP contribution in [0.2, 0.25) is 0 Å². The Morgan fingerprint density at radius 3 is 2.38 bits per heavy atom. The number of benzene rings is 2. The number of aromatic nitrogens is 2. The highest BCUT2D eigenvalue weighted by molar-refractivity contribution is 9.10. The summed E-state index contributed by atoms with van der Waals surface area (Å²) in [6, 6.07) is 5.01. The van der Waals surface area contributed by atoms with Gasteiger partial charge in [0.05, 0.1) is 6.61 Å². The molecule has 0 bridgehead atoms. The van der Waals surface area contributed by atoms with E-state index in [1.54, 1.807) is 7.05 Å². The van der Waals surface area contributed by atoms with Crippen molar-refractivity contribution < 1.29 is 27.4 Å². The van der Waals surface area contributed by atoms with Crippen molar-refractivity contribution in [2.75, 3.05) is 25.1 Å². The topological polar surface area (TPSA) is 67.6 Å². The summed E-state index contributed by atoms with van der Waals surface area (Å²) in [6.07, 6.45) is 0. The zero-order valence-electron chi connectivity index (χ0n) is 17.0. The smallest absolute Gasteiger partial charge is 0.276 e. The lowest BCUT2D eigenvalue weighted by molar-refractivity contribution is 0.283. The molecule has 1 N–H and O–H groups in total. The molecule has 0 spiro atoms. The van der Waals surface area contributed by atoms with E-state index in [4.69, 9.17) is 9.84 Å². The minimum Gasteiger partial charge on any atom is -0.472 e. The molecule has 2 aromatic carbocycles. The molecule has 0 fully saturated rings. The van der Waals surface area contributed by atoms with Crippen LogP contribution in [0.15, 0.2) is 39.6 Å².